The summed E-state index contributed by atoms with van der Waals surface area (Å²) in [4.78, 5) is 57.3. The summed E-state index contributed by atoms with van der Waals surface area (Å²) < 4.78 is 0. The first-order chi connectivity index (χ1) is 17.2. The molecule has 2 aliphatic heterocycles. The zero-order valence-corrected chi connectivity index (χ0v) is 20.8. The highest BCUT2D eigenvalue weighted by Crippen LogP contribution is 2.53. The van der Waals surface area contributed by atoms with E-state index in [1.165, 1.54) is 9.80 Å². The van der Waals surface area contributed by atoms with E-state index < -0.39 is 35.5 Å². The van der Waals surface area contributed by atoms with Crippen LogP contribution in [-0.2, 0) is 19.2 Å². The minimum atomic E-state index is -0.559. The average Bonchev–Trinajstić information content (AvgIpc) is 2.85. The number of piperidine rings is 2. The number of carbonyl (C=O) groups excluding carboxylic acids is 4. The van der Waals surface area contributed by atoms with Gasteiger partial charge in [-0.25, -0.2) is 9.80 Å². The van der Waals surface area contributed by atoms with Gasteiger partial charge in [0.05, 0.1) is 35.0 Å². The molecule has 2 heterocycles. The number of nitrogens with zero attached hydrogens (tertiary/aromatic N) is 2. The molecular formula is C30H28N2O4. The van der Waals surface area contributed by atoms with Crippen LogP contribution in [0.2, 0.25) is 0 Å². The van der Waals surface area contributed by atoms with Crippen LogP contribution in [0.3, 0.4) is 0 Å². The van der Waals surface area contributed by atoms with Crippen LogP contribution in [0.25, 0.3) is 0 Å². The van der Waals surface area contributed by atoms with Gasteiger partial charge in [-0.3, -0.25) is 19.2 Å². The molecule has 6 heteroatoms. The predicted octanol–water partition coefficient (Wildman–Crippen LogP) is 4.20. The quantitative estimate of drug-likeness (QED) is 0.477. The molecule has 0 aromatic heterocycles. The molecule has 0 spiro atoms. The van der Waals surface area contributed by atoms with Crippen molar-refractivity contribution in [3.8, 4) is 0 Å². The number of amides is 4. The van der Waals surface area contributed by atoms with Gasteiger partial charge in [-0.2, -0.15) is 0 Å². The standard InChI is InChI=1S/C30H28N2O4/c1-15-5-7-19(13-17(15)3)31-27(33)21-9-11-23-26-24(12-10-22(25(21)26)28(31)34)30(36)32(29(23)35)20-8-6-16(2)18(4)14-20/h5-14,21-26H,1-4H3/t21-,22+,23+,24-,25?,26?. The van der Waals surface area contributed by atoms with Gasteiger partial charge >= 0.3 is 0 Å². The Morgan fingerprint density at radius 3 is 1.06 bits per heavy atom. The van der Waals surface area contributed by atoms with Gasteiger partial charge in [-0.05, 0) is 86.1 Å². The van der Waals surface area contributed by atoms with Crippen molar-refractivity contribution in [1.29, 1.82) is 0 Å². The lowest BCUT2D eigenvalue weighted by Gasteiger charge is -2.53. The molecule has 6 atom stereocenters. The Morgan fingerprint density at radius 2 is 0.778 bits per heavy atom. The fourth-order valence-corrected chi connectivity index (χ4v) is 6.44. The van der Waals surface area contributed by atoms with Crippen molar-refractivity contribution < 1.29 is 19.2 Å². The maximum Gasteiger partial charge on any atom is 0.241 e. The average molecular weight is 481 g/mol. The van der Waals surface area contributed by atoms with Crippen LogP contribution in [0, 0.1) is 63.2 Å². The Balaban J connectivity index is 1.42. The molecule has 2 aromatic carbocycles. The normalized spacial score (nSPS) is 30.7. The summed E-state index contributed by atoms with van der Waals surface area (Å²) in [5.74, 6) is -4.20. The monoisotopic (exact) mass is 480 g/mol. The first kappa shape index (κ1) is 22.7. The van der Waals surface area contributed by atoms with Crippen LogP contribution in [0.4, 0.5) is 11.4 Å². The maximum atomic E-state index is 13.7. The van der Waals surface area contributed by atoms with Crippen molar-refractivity contribution >= 4 is 35.0 Å². The zero-order valence-electron chi connectivity index (χ0n) is 20.8. The topological polar surface area (TPSA) is 74.8 Å². The summed E-state index contributed by atoms with van der Waals surface area (Å²) in [7, 11) is 0. The molecule has 2 fully saturated rings. The van der Waals surface area contributed by atoms with Crippen LogP contribution in [-0.4, -0.2) is 23.6 Å². The SMILES string of the molecule is Cc1ccc(N2C(=O)[C@H]3C=C[C@H]4C(=O)N(c5ccc(C)c(C)c5)C(=O)[C@H]5C=C[C@@H](C2=O)C3C54)cc1C. The molecule has 2 unspecified atom stereocenters. The molecule has 4 aliphatic rings. The molecule has 0 N–H and O–H groups in total. The van der Waals surface area contributed by atoms with Crippen molar-refractivity contribution in [3.05, 3.63) is 83.0 Å². The van der Waals surface area contributed by atoms with Gasteiger partial charge in [-0.15, -0.1) is 0 Å². The Hall–Kier alpha value is -3.80. The van der Waals surface area contributed by atoms with E-state index in [0.717, 1.165) is 22.3 Å². The molecule has 6 nitrogen and oxygen atoms in total. The number of hydrogen-bond donors (Lipinski definition) is 0. The summed E-state index contributed by atoms with van der Waals surface area (Å²) in [6, 6.07) is 11.2. The van der Waals surface area contributed by atoms with E-state index in [2.05, 4.69) is 0 Å². The fourth-order valence-electron chi connectivity index (χ4n) is 6.44. The molecule has 0 radical (unpaired) electrons. The molecule has 4 amide bonds. The number of benzene rings is 2. The van der Waals surface area contributed by atoms with Gasteiger partial charge in [0.25, 0.3) is 0 Å². The number of carbonyl (C=O) groups is 4. The van der Waals surface area contributed by atoms with Gasteiger partial charge in [0.2, 0.25) is 23.6 Å². The van der Waals surface area contributed by atoms with Crippen LogP contribution >= 0.6 is 0 Å². The van der Waals surface area contributed by atoms with Crippen molar-refractivity contribution in [1.82, 2.24) is 0 Å². The van der Waals surface area contributed by atoms with E-state index in [4.69, 9.17) is 0 Å². The molecule has 6 rings (SSSR count). The van der Waals surface area contributed by atoms with Gasteiger partial charge in [0, 0.05) is 0 Å². The van der Waals surface area contributed by atoms with Crippen molar-refractivity contribution in [2.75, 3.05) is 9.80 Å². The van der Waals surface area contributed by atoms with Gasteiger partial charge in [-0.1, -0.05) is 36.4 Å². The molecule has 0 saturated carbocycles. The van der Waals surface area contributed by atoms with Gasteiger partial charge < -0.3 is 0 Å². The highest BCUT2D eigenvalue weighted by atomic mass is 16.2. The lowest BCUT2D eigenvalue weighted by atomic mass is 9.55. The third kappa shape index (κ3) is 3.03. The molecular weight excluding hydrogens is 452 g/mol. The lowest BCUT2D eigenvalue weighted by molar-refractivity contribution is -0.148. The molecule has 36 heavy (non-hydrogen) atoms. The van der Waals surface area contributed by atoms with Crippen LogP contribution in [0.15, 0.2) is 60.7 Å². The second-order valence-corrected chi connectivity index (χ2v) is 10.6. The van der Waals surface area contributed by atoms with Gasteiger partial charge in [0.15, 0.2) is 0 Å². The summed E-state index contributed by atoms with van der Waals surface area (Å²) in [6.45, 7) is 7.89. The molecule has 2 aromatic rings. The zero-order chi connectivity index (χ0) is 25.5. The van der Waals surface area contributed by atoms with E-state index in [1.54, 1.807) is 36.4 Å². The first-order valence-corrected chi connectivity index (χ1v) is 12.5. The highest BCUT2D eigenvalue weighted by molar-refractivity contribution is 6.22. The molecule has 182 valence electrons. The number of aryl methyl sites for hydroxylation is 4. The van der Waals surface area contributed by atoms with E-state index >= 15 is 0 Å². The molecule has 2 aliphatic carbocycles. The minimum absolute atomic E-state index is 0.287. The number of rotatable bonds is 2. The first-order valence-electron chi connectivity index (χ1n) is 12.5. The van der Waals surface area contributed by atoms with Crippen LogP contribution < -0.4 is 9.80 Å². The molecule has 0 bridgehead atoms. The van der Waals surface area contributed by atoms with E-state index in [-0.39, 0.29) is 23.6 Å². The number of anilines is 2. The minimum Gasteiger partial charge on any atom is -0.273 e. The van der Waals surface area contributed by atoms with Crippen molar-refractivity contribution in [3.63, 3.8) is 0 Å². The van der Waals surface area contributed by atoms with E-state index in [9.17, 15) is 19.2 Å². The smallest absolute Gasteiger partial charge is 0.241 e. The van der Waals surface area contributed by atoms with Crippen LogP contribution in [0.5, 0.6) is 0 Å². The summed E-state index contributed by atoms with van der Waals surface area (Å²) in [5, 5.41) is 0. The number of hydrogen-bond acceptors (Lipinski definition) is 4. The second-order valence-electron chi connectivity index (χ2n) is 10.6. The third-order valence-corrected chi connectivity index (χ3v) is 8.67. The number of imide groups is 2. The Morgan fingerprint density at radius 1 is 0.472 bits per heavy atom. The third-order valence-electron chi connectivity index (χ3n) is 8.67. The maximum absolute atomic E-state index is 13.7. The lowest BCUT2D eigenvalue weighted by Crippen LogP contribution is -2.64. The van der Waals surface area contributed by atoms with E-state index in [0.29, 0.717) is 11.4 Å². The Bertz CT molecular complexity index is 1260. The predicted molar refractivity (Wildman–Crippen MR) is 136 cm³/mol. The fraction of sp³-hybridized carbons (Fsp3) is 0.333. The van der Waals surface area contributed by atoms with Gasteiger partial charge in [0.1, 0.15) is 0 Å². The van der Waals surface area contributed by atoms with Crippen molar-refractivity contribution in [2.24, 2.45) is 35.5 Å². The Labute approximate surface area is 210 Å². The van der Waals surface area contributed by atoms with Crippen molar-refractivity contribution in [2.45, 2.75) is 27.7 Å². The largest absolute Gasteiger partial charge is 0.273 e. The summed E-state index contributed by atoms with van der Waals surface area (Å²) >= 11 is 0. The van der Waals surface area contributed by atoms with Crippen LogP contribution in [0.1, 0.15) is 22.3 Å². The highest BCUT2D eigenvalue weighted by Gasteiger charge is 2.60. The molecule has 2 saturated heterocycles. The Kier molecular flexibility index (Phi) is 4.94. The summed E-state index contributed by atoms with van der Waals surface area (Å²) in [5.41, 5.74) is 5.31. The van der Waals surface area contributed by atoms with E-state index in [1.807, 2.05) is 52.0 Å². The second kappa shape index (κ2) is 7.85. The summed E-state index contributed by atoms with van der Waals surface area (Å²) in [6.07, 6.45) is 7.18.